The lowest BCUT2D eigenvalue weighted by Gasteiger charge is -2.07. The van der Waals surface area contributed by atoms with Crippen LogP contribution in [0.2, 0.25) is 0 Å². The Balaban J connectivity index is 1.39. The zero-order chi connectivity index (χ0) is 15.5. The summed E-state index contributed by atoms with van der Waals surface area (Å²) in [6.45, 7) is 1.78. The molecule has 0 aliphatic rings. The largest absolute Gasteiger partial charge is 0.342 e. The first-order valence-corrected chi connectivity index (χ1v) is 8.01. The van der Waals surface area contributed by atoms with Gasteiger partial charge in [-0.3, -0.25) is 0 Å². The quantitative estimate of drug-likeness (QED) is 0.546. The Bertz CT molecular complexity index is 901. The van der Waals surface area contributed by atoms with Gasteiger partial charge in [0, 0.05) is 19.5 Å². The zero-order valence-corrected chi connectivity index (χ0v) is 12.9. The molecule has 0 saturated carbocycles. The van der Waals surface area contributed by atoms with E-state index in [1.54, 1.807) is 0 Å². The number of para-hydroxylation sites is 2. The van der Waals surface area contributed by atoms with Crippen molar-refractivity contribution >= 4 is 21.8 Å². The van der Waals surface area contributed by atoms with Crippen molar-refractivity contribution in [3.63, 3.8) is 0 Å². The fourth-order valence-corrected chi connectivity index (χ4v) is 3.00. The Morgan fingerprint density at radius 1 is 0.870 bits per heavy atom. The number of hydrogen-bond acceptors (Lipinski definition) is 2. The predicted octanol–water partition coefficient (Wildman–Crippen LogP) is 4.05. The third-order valence-corrected chi connectivity index (χ3v) is 4.17. The van der Waals surface area contributed by atoms with E-state index in [1.807, 2.05) is 18.2 Å². The molecule has 23 heavy (non-hydrogen) atoms. The molecule has 0 aliphatic carbocycles. The average molecular weight is 301 g/mol. The first-order chi connectivity index (χ1) is 11.4. The molecule has 0 aliphatic heterocycles. The van der Waals surface area contributed by atoms with Gasteiger partial charge < -0.3 is 10.3 Å². The lowest BCUT2D eigenvalue weighted by Crippen LogP contribution is -2.17. The van der Waals surface area contributed by atoms with Crippen molar-refractivity contribution in [1.29, 1.82) is 0 Å². The number of aromatic amines is 1. The molecule has 1 aromatic heterocycles. The number of fused-ring (bicyclic) bond motifs is 2. The summed E-state index contributed by atoms with van der Waals surface area (Å²) >= 11 is 0. The Morgan fingerprint density at radius 2 is 1.70 bits per heavy atom. The zero-order valence-electron chi connectivity index (χ0n) is 12.9. The van der Waals surface area contributed by atoms with Gasteiger partial charge in [0.05, 0.1) is 11.0 Å². The van der Waals surface area contributed by atoms with E-state index >= 15 is 0 Å². The maximum Gasteiger partial charge on any atom is 0.108 e. The smallest absolute Gasteiger partial charge is 0.108 e. The minimum atomic E-state index is 0.877. The molecule has 1 heterocycles. The average Bonchev–Trinajstić information content (AvgIpc) is 3.01. The fraction of sp³-hybridized carbons (Fsp3) is 0.150. The number of H-pyrrole nitrogens is 1. The first-order valence-electron chi connectivity index (χ1n) is 8.01. The van der Waals surface area contributed by atoms with Crippen molar-refractivity contribution in [2.75, 3.05) is 6.54 Å². The molecule has 0 atom stereocenters. The van der Waals surface area contributed by atoms with Crippen molar-refractivity contribution in [2.45, 2.75) is 13.0 Å². The third kappa shape index (κ3) is 2.96. The van der Waals surface area contributed by atoms with Crippen LogP contribution in [-0.4, -0.2) is 16.5 Å². The topological polar surface area (TPSA) is 40.7 Å². The highest BCUT2D eigenvalue weighted by Crippen LogP contribution is 2.18. The first kappa shape index (κ1) is 14.0. The number of imidazole rings is 1. The maximum atomic E-state index is 4.61. The summed E-state index contributed by atoms with van der Waals surface area (Å²) in [5, 5.41) is 6.15. The molecule has 2 N–H and O–H groups in total. The number of rotatable bonds is 5. The lowest BCUT2D eigenvalue weighted by molar-refractivity contribution is 0.677. The normalized spacial score (nSPS) is 11.3. The molecular weight excluding hydrogens is 282 g/mol. The predicted molar refractivity (Wildman–Crippen MR) is 95.5 cm³/mol. The van der Waals surface area contributed by atoms with Crippen LogP contribution in [0.3, 0.4) is 0 Å². The SMILES string of the molecule is c1ccc2c(CNCCc3nc4ccccc4[nH]3)cccc2c1. The van der Waals surface area contributed by atoms with Crippen LogP contribution in [0, 0.1) is 0 Å². The fourth-order valence-electron chi connectivity index (χ4n) is 3.00. The van der Waals surface area contributed by atoms with Crippen LogP contribution < -0.4 is 5.32 Å². The number of nitrogens with one attached hydrogen (secondary N) is 2. The molecule has 4 rings (SSSR count). The van der Waals surface area contributed by atoms with Crippen molar-refractivity contribution in [3.8, 4) is 0 Å². The molecule has 0 bridgehead atoms. The summed E-state index contributed by atoms with van der Waals surface area (Å²) in [7, 11) is 0. The standard InChI is InChI=1S/C20H19N3/c1-2-9-17-15(6-1)7-5-8-16(17)14-21-13-12-20-22-18-10-3-4-11-19(18)23-20/h1-11,21H,12-14H2,(H,22,23). The van der Waals surface area contributed by atoms with Crippen molar-refractivity contribution in [1.82, 2.24) is 15.3 Å². The van der Waals surface area contributed by atoms with E-state index in [2.05, 4.69) is 63.8 Å². The molecule has 3 heteroatoms. The monoisotopic (exact) mass is 301 g/mol. The van der Waals surface area contributed by atoms with Crippen molar-refractivity contribution < 1.29 is 0 Å². The second kappa shape index (κ2) is 6.23. The van der Waals surface area contributed by atoms with Gasteiger partial charge in [0.25, 0.3) is 0 Å². The molecule has 4 aromatic rings. The van der Waals surface area contributed by atoms with Gasteiger partial charge in [-0.25, -0.2) is 4.98 Å². The van der Waals surface area contributed by atoms with Crippen LogP contribution in [0.15, 0.2) is 66.7 Å². The Morgan fingerprint density at radius 3 is 2.65 bits per heavy atom. The minimum Gasteiger partial charge on any atom is -0.342 e. The Hall–Kier alpha value is -2.65. The van der Waals surface area contributed by atoms with Gasteiger partial charge in [-0.05, 0) is 28.5 Å². The molecule has 0 unspecified atom stereocenters. The summed E-state index contributed by atoms with van der Waals surface area (Å²) in [6, 6.07) is 23.2. The van der Waals surface area contributed by atoms with Crippen molar-refractivity contribution in [3.05, 3.63) is 78.1 Å². The molecule has 0 saturated heterocycles. The van der Waals surface area contributed by atoms with Gasteiger partial charge >= 0.3 is 0 Å². The van der Waals surface area contributed by atoms with Gasteiger partial charge in [0.2, 0.25) is 0 Å². The molecule has 114 valence electrons. The van der Waals surface area contributed by atoms with Gasteiger partial charge in [-0.2, -0.15) is 0 Å². The molecule has 0 amide bonds. The van der Waals surface area contributed by atoms with Gasteiger partial charge in [-0.15, -0.1) is 0 Å². The van der Waals surface area contributed by atoms with Gasteiger partial charge in [0.1, 0.15) is 5.82 Å². The summed E-state index contributed by atoms with van der Waals surface area (Å²) in [6.07, 6.45) is 0.902. The summed E-state index contributed by atoms with van der Waals surface area (Å²) in [5.74, 6) is 1.04. The van der Waals surface area contributed by atoms with Gasteiger partial charge in [0.15, 0.2) is 0 Å². The van der Waals surface area contributed by atoms with E-state index in [-0.39, 0.29) is 0 Å². The van der Waals surface area contributed by atoms with Crippen molar-refractivity contribution in [2.24, 2.45) is 0 Å². The molecule has 3 nitrogen and oxygen atoms in total. The molecular formula is C20H19N3. The minimum absolute atomic E-state index is 0.877. The molecule has 0 radical (unpaired) electrons. The number of aromatic nitrogens is 2. The van der Waals surface area contributed by atoms with Crippen LogP contribution in [0.4, 0.5) is 0 Å². The van der Waals surface area contributed by atoms with Crippen LogP contribution in [-0.2, 0) is 13.0 Å². The van der Waals surface area contributed by atoms with Crippen LogP contribution in [0.25, 0.3) is 21.8 Å². The van der Waals surface area contributed by atoms with Gasteiger partial charge in [-0.1, -0.05) is 54.6 Å². The van der Waals surface area contributed by atoms with E-state index in [9.17, 15) is 0 Å². The van der Waals surface area contributed by atoms with E-state index in [4.69, 9.17) is 0 Å². The summed E-state index contributed by atoms with van der Waals surface area (Å²) < 4.78 is 0. The Labute approximate surface area is 135 Å². The number of benzene rings is 3. The lowest BCUT2D eigenvalue weighted by atomic mass is 10.0. The number of hydrogen-bond donors (Lipinski definition) is 2. The van der Waals surface area contributed by atoms with E-state index in [0.29, 0.717) is 0 Å². The second-order valence-electron chi connectivity index (χ2n) is 5.77. The molecule has 0 fully saturated rings. The molecule has 0 spiro atoms. The highest BCUT2D eigenvalue weighted by molar-refractivity contribution is 5.85. The van der Waals surface area contributed by atoms with Crippen LogP contribution in [0.5, 0.6) is 0 Å². The van der Waals surface area contributed by atoms with Crippen LogP contribution >= 0.6 is 0 Å². The third-order valence-electron chi connectivity index (χ3n) is 4.17. The summed E-state index contributed by atoms with van der Waals surface area (Å²) in [4.78, 5) is 7.98. The number of nitrogens with zero attached hydrogens (tertiary/aromatic N) is 1. The van der Waals surface area contributed by atoms with E-state index < -0.39 is 0 Å². The maximum absolute atomic E-state index is 4.61. The second-order valence-corrected chi connectivity index (χ2v) is 5.77. The highest BCUT2D eigenvalue weighted by atomic mass is 14.9. The highest BCUT2D eigenvalue weighted by Gasteiger charge is 2.03. The summed E-state index contributed by atoms with van der Waals surface area (Å²) in [5.41, 5.74) is 3.49. The van der Waals surface area contributed by atoms with E-state index in [1.165, 1.54) is 16.3 Å². The van der Waals surface area contributed by atoms with E-state index in [0.717, 1.165) is 36.4 Å². The molecule has 3 aromatic carbocycles. The van der Waals surface area contributed by atoms with Crippen LogP contribution in [0.1, 0.15) is 11.4 Å². The Kier molecular flexibility index (Phi) is 3.78.